The molecule has 6 heteroatoms. The summed E-state index contributed by atoms with van der Waals surface area (Å²) in [6.07, 6.45) is 0. The molecule has 0 saturated heterocycles. The van der Waals surface area contributed by atoms with Crippen LogP contribution >= 0.6 is 11.3 Å². The number of hydrogen-bond donors (Lipinski definition) is 1. The van der Waals surface area contributed by atoms with Crippen molar-refractivity contribution in [3.05, 3.63) is 70.5 Å². The lowest BCUT2D eigenvalue weighted by Crippen LogP contribution is -2.20. The Kier molecular flexibility index (Phi) is 5.20. The van der Waals surface area contributed by atoms with E-state index in [1.165, 1.54) is 0 Å². The third-order valence-corrected chi connectivity index (χ3v) is 4.18. The molecule has 1 amide bonds. The molecule has 0 atom stereocenters. The Hall–Kier alpha value is -2.99. The van der Waals surface area contributed by atoms with Gasteiger partial charge in [-0.05, 0) is 31.2 Å². The molecule has 0 bridgehead atoms. The Morgan fingerprint density at radius 3 is 2.64 bits per heavy atom. The van der Waals surface area contributed by atoms with Crippen molar-refractivity contribution in [1.82, 2.24) is 4.98 Å². The molecule has 2 aromatic carbocycles. The molecule has 0 spiro atoms. The summed E-state index contributed by atoms with van der Waals surface area (Å²) in [5.74, 6) is -0.918. The second kappa shape index (κ2) is 7.72. The molecular formula is C19H16N2O3S. The van der Waals surface area contributed by atoms with Gasteiger partial charge >= 0.3 is 5.97 Å². The molecule has 3 aromatic rings. The lowest BCUT2D eigenvalue weighted by molar-refractivity contribution is -0.119. The summed E-state index contributed by atoms with van der Waals surface area (Å²) in [6.45, 7) is 1.61. The van der Waals surface area contributed by atoms with Crippen molar-refractivity contribution in [3.63, 3.8) is 0 Å². The number of nitrogens with one attached hydrogen (secondary N) is 1. The molecular weight excluding hydrogens is 336 g/mol. The molecule has 1 aromatic heterocycles. The molecule has 0 unspecified atom stereocenters. The number of carbonyl (C=O) groups is 2. The zero-order valence-electron chi connectivity index (χ0n) is 13.6. The minimum absolute atomic E-state index is 0.340. The standard InChI is InChI=1S/C19H16N2O3S/c1-13-20-17(12-25-13)15-8-5-9-16(10-15)21-18(22)11-24-19(23)14-6-3-2-4-7-14/h2-10,12H,11H2,1H3,(H,21,22). The SMILES string of the molecule is Cc1nc(-c2cccc(NC(=O)COC(=O)c3ccccc3)c2)cs1. The molecule has 3 rings (SSSR count). The van der Waals surface area contributed by atoms with Gasteiger partial charge in [-0.15, -0.1) is 11.3 Å². The molecule has 0 fully saturated rings. The zero-order chi connectivity index (χ0) is 17.6. The molecule has 1 N–H and O–H groups in total. The van der Waals surface area contributed by atoms with Gasteiger partial charge in [-0.2, -0.15) is 0 Å². The molecule has 0 saturated carbocycles. The third kappa shape index (κ3) is 4.51. The summed E-state index contributed by atoms with van der Waals surface area (Å²) < 4.78 is 5.02. The predicted octanol–water partition coefficient (Wildman–Crippen LogP) is 3.91. The van der Waals surface area contributed by atoms with E-state index < -0.39 is 11.9 Å². The normalized spacial score (nSPS) is 10.3. The smallest absolute Gasteiger partial charge is 0.338 e. The molecule has 126 valence electrons. The number of anilines is 1. The second-order valence-electron chi connectivity index (χ2n) is 5.32. The first-order chi connectivity index (χ1) is 12.1. The minimum Gasteiger partial charge on any atom is -0.452 e. The summed E-state index contributed by atoms with van der Waals surface area (Å²) in [7, 11) is 0. The molecule has 0 aliphatic rings. The zero-order valence-corrected chi connectivity index (χ0v) is 14.4. The Morgan fingerprint density at radius 1 is 1.12 bits per heavy atom. The Balaban J connectivity index is 1.59. The minimum atomic E-state index is -0.526. The van der Waals surface area contributed by atoms with Crippen LogP contribution in [0.5, 0.6) is 0 Å². The Morgan fingerprint density at radius 2 is 1.92 bits per heavy atom. The summed E-state index contributed by atoms with van der Waals surface area (Å²) >= 11 is 1.57. The number of aromatic nitrogens is 1. The molecule has 0 radical (unpaired) electrons. The van der Waals surface area contributed by atoms with E-state index in [9.17, 15) is 9.59 Å². The van der Waals surface area contributed by atoms with Crippen LogP contribution in [0.25, 0.3) is 11.3 Å². The first kappa shape index (κ1) is 16.9. The van der Waals surface area contributed by atoms with Gasteiger partial charge in [0.15, 0.2) is 6.61 Å². The van der Waals surface area contributed by atoms with Crippen molar-refractivity contribution < 1.29 is 14.3 Å². The highest BCUT2D eigenvalue weighted by Gasteiger charge is 2.10. The van der Waals surface area contributed by atoms with Crippen molar-refractivity contribution in [3.8, 4) is 11.3 Å². The van der Waals surface area contributed by atoms with Crippen molar-refractivity contribution in [1.29, 1.82) is 0 Å². The number of aryl methyl sites for hydroxylation is 1. The number of esters is 1. The topological polar surface area (TPSA) is 68.3 Å². The Bertz CT molecular complexity index is 890. The lowest BCUT2D eigenvalue weighted by Gasteiger charge is -2.07. The van der Waals surface area contributed by atoms with Crippen LogP contribution in [-0.4, -0.2) is 23.5 Å². The summed E-state index contributed by atoms with van der Waals surface area (Å²) in [4.78, 5) is 28.3. The lowest BCUT2D eigenvalue weighted by atomic mass is 10.1. The van der Waals surface area contributed by atoms with Crippen LogP contribution in [0.15, 0.2) is 60.0 Å². The van der Waals surface area contributed by atoms with Gasteiger partial charge in [-0.3, -0.25) is 4.79 Å². The van der Waals surface area contributed by atoms with Gasteiger partial charge in [-0.25, -0.2) is 9.78 Å². The number of benzene rings is 2. The van der Waals surface area contributed by atoms with Crippen LogP contribution in [0, 0.1) is 6.92 Å². The fourth-order valence-corrected chi connectivity index (χ4v) is 2.86. The van der Waals surface area contributed by atoms with Gasteiger partial charge in [0.05, 0.1) is 16.3 Å². The number of amides is 1. The van der Waals surface area contributed by atoms with Gasteiger partial charge in [0.25, 0.3) is 5.91 Å². The quantitative estimate of drug-likeness (QED) is 0.707. The summed E-state index contributed by atoms with van der Waals surface area (Å²) in [6, 6.07) is 15.9. The number of carbonyl (C=O) groups excluding carboxylic acids is 2. The van der Waals surface area contributed by atoms with E-state index in [0.717, 1.165) is 16.3 Å². The van der Waals surface area contributed by atoms with Gasteiger partial charge in [0.2, 0.25) is 0 Å². The van der Waals surface area contributed by atoms with E-state index in [-0.39, 0.29) is 6.61 Å². The first-order valence-corrected chi connectivity index (χ1v) is 8.54. The predicted molar refractivity (Wildman–Crippen MR) is 97.6 cm³/mol. The molecule has 1 heterocycles. The maximum Gasteiger partial charge on any atom is 0.338 e. The highest BCUT2D eigenvalue weighted by atomic mass is 32.1. The Labute approximate surface area is 149 Å². The molecule has 0 aliphatic carbocycles. The van der Waals surface area contributed by atoms with Crippen molar-refractivity contribution >= 4 is 28.9 Å². The van der Waals surface area contributed by atoms with Crippen LogP contribution in [0.2, 0.25) is 0 Å². The number of hydrogen-bond acceptors (Lipinski definition) is 5. The van der Waals surface area contributed by atoms with Gasteiger partial charge in [0.1, 0.15) is 0 Å². The number of rotatable bonds is 5. The van der Waals surface area contributed by atoms with E-state index in [1.54, 1.807) is 47.7 Å². The molecule has 0 aliphatic heterocycles. The maximum atomic E-state index is 12.0. The molecule has 5 nitrogen and oxygen atoms in total. The fraction of sp³-hybridized carbons (Fsp3) is 0.105. The van der Waals surface area contributed by atoms with Crippen molar-refractivity contribution in [2.75, 3.05) is 11.9 Å². The fourth-order valence-electron chi connectivity index (χ4n) is 2.24. The number of thiazole rings is 1. The average Bonchev–Trinajstić information content (AvgIpc) is 3.07. The molecule has 25 heavy (non-hydrogen) atoms. The van der Waals surface area contributed by atoms with E-state index in [0.29, 0.717) is 11.3 Å². The number of ether oxygens (including phenoxy) is 1. The average molecular weight is 352 g/mol. The van der Waals surface area contributed by atoms with Crippen LogP contribution < -0.4 is 5.32 Å². The van der Waals surface area contributed by atoms with Crippen LogP contribution in [-0.2, 0) is 9.53 Å². The van der Waals surface area contributed by atoms with Gasteiger partial charge in [0, 0.05) is 16.6 Å². The van der Waals surface area contributed by atoms with Gasteiger partial charge in [-0.1, -0.05) is 30.3 Å². The van der Waals surface area contributed by atoms with Crippen LogP contribution in [0.1, 0.15) is 15.4 Å². The van der Waals surface area contributed by atoms with Crippen molar-refractivity contribution in [2.24, 2.45) is 0 Å². The van der Waals surface area contributed by atoms with Crippen molar-refractivity contribution in [2.45, 2.75) is 6.92 Å². The monoisotopic (exact) mass is 352 g/mol. The van der Waals surface area contributed by atoms with E-state index in [4.69, 9.17) is 4.74 Å². The largest absolute Gasteiger partial charge is 0.452 e. The highest BCUT2D eigenvalue weighted by molar-refractivity contribution is 7.09. The number of nitrogens with zero attached hydrogens (tertiary/aromatic N) is 1. The van der Waals surface area contributed by atoms with E-state index >= 15 is 0 Å². The summed E-state index contributed by atoms with van der Waals surface area (Å²) in [5, 5.41) is 5.68. The third-order valence-electron chi connectivity index (χ3n) is 3.40. The van der Waals surface area contributed by atoms with Crippen LogP contribution in [0.4, 0.5) is 5.69 Å². The second-order valence-corrected chi connectivity index (χ2v) is 6.39. The van der Waals surface area contributed by atoms with E-state index in [2.05, 4.69) is 10.3 Å². The van der Waals surface area contributed by atoms with Gasteiger partial charge < -0.3 is 10.1 Å². The first-order valence-electron chi connectivity index (χ1n) is 7.66. The van der Waals surface area contributed by atoms with Crippen LogP contribution in [0.3, 0.4) is 0 Å². The summed E-state index contributed by atoms with van der Waals surface area (Å²) in [5.41, 5.74) is 2.83. The van der Waals surface area contributed by atoms with E-state index in [1.807, 2.05) is 30.5 Å². The highest BCUT2D eigenvalue weighted by Crippen LogP contribution is 2.24. The maximum absolute atomic E-state index is 12.0.